The van der Waals surface area contributed by atoms with E-state index >= 15 is 0 Å². The van der Waals surface area contributed by atoms with Crippen molar-refractivity contribution in [3.63, 3.8) is 0 Å². The van der Waals surface area contributed by atoms with Gasteiger partial charge in [-0.2, -0.15) is 5.10 Å². The molecule has 0 spiro atoms. The molecule has 1 saturated heterocycles. The summed E-state index contributed by atoms with van der Waals surface area (Å²) in [6, 6.07) is 3.92. The Balaban J connectivity index is 1.26. The molecule has 2 aliphatic rings. The first-order valence-corrected chi connectivity index (χ1v) is 8.46. The molecule has 1 aliphatic heterocycles. The minimum atomic E-state index is -0.363. The molecule has 1 saturated carbocycles. The van der Waals surface area contributed by atoms with E-state index in [-0.39, 0.29) is 5.82 Å². The molecule has 2 aromatic rings. The average molecular weight is 329 g/mol. The fourth-order valence-corrected chi connectivity index (χ4v) is 3.06. The molecule has 0 radical (unpaired) electrons. The van der Waals surface area contributed by atoms with Gasteiger partial charge in [0.2, 0.25) is 5.88 Å². The SMILES string of the molecule is Fc1cncnc1N1CCC(COc2ccc(C3CC3)nn2)CC1. The van der Waals surface area contributed by atoms with Crippen molar-refractivity contribution in [1.82, 2.24) is 20.2 Å². The summed E-state index contributed by atoms with van der Waals surface area (Å²) < 4.78 is 19.5. The molecular weight excluding hydrogens is 309 g/mol. The summed E-state index contributed by atoms with van der Waals surface area (Å²) in [5.74, 6) is 1.67. The van der Waals surface area contributed by atoms with E-state index in [0.29, 0.717) is 30.1 Å². The van der Waals surface area contributed by atoms with Gasteiger partial charge in [-0.25, -0.2) is 14.4 Å². The molecule has 1 aliphatic carbocycles. The van der Waals surface area contributed by atoms with Gasteiger partial charge in [-0.1, -0.05) is 0 Å². The molecular formula is C17H20FN5O. The zero-order valence-electron chi connectivity index (χ0n) is 13.4. The largest absolute Gasteiger partial charge is 0.476 e. The Morgan fingerprint density at radius 2 is 1.96 bits per heavy atom. The molecule has 0 unspecified atom stereocenters. The number of aromatic nitrogens is 4. The van der Waals surface area contributed by atoms with E-state index in [4.69, 9.17) is 4.74 Å². The summed E-state index contributed by atoms with van der Waals surface area (Å²) in [5.41, 5.74) is 1.07. The van der Waals surface area contributed by atoms with Gasteiger partial charge < -0.3 is 9.64 Å². The summed E-state index contributed by atoms with van der Waals surface area (Å²) >= 11 is 0. The number of piperidine rings is 1. The standard InChI is InChI=1S/C17H20FN5O/c18-14-9-19-11-20-17(14)23-7-5-12(6-8-23)10-24-16-4-3-15(21-22-16)13-1-2-13/h3-4,9,11-13H,1-2,5-8,10H2. The third-order valence-electron chi connectivity index (χ3n) is 4.69. The number of anilines is 1. The third-order valence-corrected chi connectivity index (χ3v) is 4.69. The van der Waals surface area contributed by atoms with Crippen molar-refractivity contribution in [2.45, 2.75) is 31.6 Å². The average Bonchev–Trinajstić information content (AvgIpc) is 3.47. The highest BCUT2D eigenvalue weighted by atomic mass is 19.1. The number of rotatable bonds is 5. The Morgan fingerprint density at radius 3 is 2.62 bits per heavy atom. The highest BCUT2D eigenvalue weighted by molar-refractivity contribution is 5.38. The Hall–Kier alpha value is -2.31. The summed E-state index contributed by atoms with van der Waals surface area (Å²) in [4.78, 5) is 9.70. The van der Waals surface area contributed by atoms with Crippen LogP contribution in [0.4, 0.5) is 10.2 Å². The van der Waals surface area contributed by atoms with E-state index in [0.717, 1.165) is 31.6 Å². The molecule has 0 aromatic carbocycles. The van der Waals surface area contributed by atoms with Gasteiger partial charge in [0.15, 0.2) is 11.6 Å². The van der Waals surface area contributed by atoms with Gasteiger partial charge in [0, 0.05) is 25.1 Å². The summed E-state index contributed by atoms with van der Waals surface area (Å²) in [6.07, 6.45) is 6.92. The van der Waals surface area contributed by atoms with E-state index in [1.165, 1.54) is 25.4 Å². The van der Waals surface area contributed by atoms with Crippen molar-refractivity contribution in [2.24, 2.45) is 5.92 Å². The van der Waals surface area contributed by atoms with Crippen LogP contribution in [0.3, 0.4) is 0 Å². The lowest BCUT2D eigenvalue weighted by Crippen LogP contribution is -2.36. The van der Waals surface area contributed by atoms with Crippen molar-refractivity contribution in [3.05, 3.63) is 36.2 Å². The second-order valence-electron chi connectivity index (χ2n) is 6.51. The lowest BCUT2D eigenvalue weighted by molar-refractivity contribution is 0.213. The van der Waals surface area contributed by atoms with E-state index in [1.54, 1.807) is 0 Å². The molecule has 7 heteroatoms. The van der Waals surface area contributed by atoms with Crippen LogP contribution in [0.2, 0.25) is 0 Å². The van der Waals surface area contributed by atoms with Crippen LogP contribution in [0.5, 0.6) is 5.88 Å². The monoisotopic (exact) mass is 329 g/mol. The van der Waals surface area contributed by atoms with Gasteiger partial charge >= 0.3 is 0 Å². The number of hydrogen-bond acceptors (Lipinski definition) is 6. The minimum absolute atomic E-state index is 0.363. The van der Waals surface area contributed by atoms with Crippen LogP contribution in [0, 0.1) is 11.7 Å². The molecule has 0 bridgehead atoms. The zero-order valence-corrected chi connectivity index (χ0v) is 13.4. The summed E-state index contributed by atoms with van der Waals surface area (Å²) in [6.45, 7) is 2.17. The quantitative estimate of drug-likeness (QED) is 0.840. The first-order valence-electron chi connectivity index (χ1n) is 8.46. The van der Waals surface area contributed by atoms with Gasteiger partial charge in [0.05, 0.1) is 18.5 Å². The highest BCUT2D eigenvalue weighted by Crippen LogP contribution is 2.38. The van der Waals surface area contributed by atoms with Crippen LogP contribution in [-0.2, 0) is 0 Å². The minimum Gasteiger partial charge on any atom is -0.476 e. The van der Waals surface area contributed by atoms with Crippen LogP contribution in [0.15, 0.2) is 24.7 Å². The van der Waals surface area contributed by atoms with Crippen molar-refractivity contribution in [1.29, 1.82) is 0 Å². The molecule has 24 heavy (non-hydrogen) atoms. The van der Waals surface area contributed by atoms with Crippen LogP contribution in [0.25, 0.3) is 0 Å². The molecule has 2 fully saturated rings. The first kappa shape index (κ1) is 15.2. The normalized spacial score (nSPS) is 18.6. The van der Waals surface area contributed by atoms with E-state index in [2.05, 4.69) is 20.2 Å². The predicted molar refractivity (Wildman–Crippen MR) is 86.4 cm³/mol. The third kappa shape index (κ3) is 3.44. The summed E-state index contributed by atoms with van der Waals surface area (Å²) in [5, 5.41) is 8.38. The first-order chi connectivity index (χ1) is 11.8. The number of halogens is 1. The molecule has 0 N–H and O–H groups in total. The van der Waals surface area contributed by atoms with Crippen LogP contribution < -0.4 is 9.64 Å². The number of nitrogens with zero attached hydrogens (tertiary/aromatic N) is 5. The van der Waals surface area contributed by atoms with E-state index in [9.17, 15) is 4.39 Å². The Bertz CT molecular complexity index is 684. The fourth-order valence-electron chi connectivity index (χ4n) is 3.06. The molecule has 0 atom stereocenters. The maximum absolute atomic E-state index is 13.7. The van der Waals surface area contributed by atoms with Gasteiger partial charge in [0.1, 0.15) is 6.33 Å². The van der Waals surface area contributed by atoms with Crippen LogP contribution in [-0.4, -0.2) is 39.9 Å². The number of hydrogen-bond donors (Lipinski definition) is 0. The van der Waals surface area contributed by atoms with Crippen molar-refractivity contribution >= 4 is 5.82 Å². The lowest BCUT2D eigenvalue weighted by Gasteiger charge is -2.32. The van der Waals surface area contributed by atoms with Gasteiger partial charge in [-0.05, 0) is 37.7 Å². The van der Waals surface area contributed by atoms with Gasteiger partial charge in [0.25, 0.3) is 0 Å². The predicted octanol–water partition coefficient (Wildman–Crippen LogP) is 2.58. The molecule has 4 rings (SSSR count). The smallest absolute Gasteiger partial charge is 0.233 e. The molecule has 3 heterocycles. The highest BCUT2D eigenvalue weighted by Gasteiger charge is 2.26. The van der Waals surface area contributed by atoms with Crippen LogP contribution in [0.1, 0.15) is 37.3 Å². The molecule has 0 amide bonds. The van der Waals surface area contributed by atoms with Crippen molar-refractivity contribution < 1.29 is 9.13 Å². The zero-order chi connectivity index (χ0) is 16.4. The fraction of sp³-hybridized carbons (Fsp3) is 0.529. The topological polar surface area (TPSA) is 64.0 Å². The Kier molecular flexibility index (Phi) is 4.23. The van der Waals surface area contributed by atoms with Gasteiger partial charge in [-0.3, -0.25) is 0 Å². The van der Waals surface area contributed by atoms with E-state index < -0.39 is 0 Å². The maximum Gasteiger partial charge on any atom is 0.233 e. The second kappa shape index (κ2) is 6.67. The maximum atomic E-state index is 13.7. The Morgan fingerprint density at radius 1 is 1.12 bits per heavy atom. The lowest BCUT2D eigenvalue weighted by atomic mass is 9.98. The Labute approximate surface area is 140 Å². The summed E-state index contributed by atoms with van der Waals surface area (Å²) in [7, 11) is 0. The van der Waals surface area contributed by atoms with Crippen molar-refractivity contribution in [2.75, 3.05) is 24.6 Å². The van der Waals surface area contributed by atoms with Crippen molar-refractivity contribution in [3.8, 4) is 5.88 Å². The number of ether oxygens (including phenoxy) is 1. The molecule has 2 aromatic heterocycles. The van der Waals surface area contributed by atoms with E-state index in [1.807, 2.05) is 17.0 Å². The molecule has 6 nitrogen and oxygen atoms in total. The van der Waals surface area contributed by atoms with Gasteiger partial charge in [-0.15, -0.1) is 5.10 Å². The van der Waals surface area contributed by atoms with Crippen LogP contribution >= 0.6 is 0 Å². The molecule has 126 valence electrons. The second-order valence-corrected chi connectivity index (χ2v) is 6.51.